The Morgan fingerprint density at radius 1 is 1.27 bits per heavy atom. The minimum atomic E-state index is -0.570. The van der Waals surface area contributed by atoms with Gasteiger partial charge in [-0.3, -0.25) is 0 Å². The normalized spacial score (nSPS) is 16.7. The fraction of sp³-hybridized carbons (Fsp3) is 0.474. The highest BCUT2D eigenvalue weighted by Gasteiger charge is 2.14. The van der Waals surface area contributed by atoms with Crippen molar-refractivity contribution in [1.29, 1.82) is 0 Å². The first-order valence-corrected chi connectivity index (χ1v) is 9.15. The van der Waals surface area contributed by atoms with Crippen molar-refractivity contribution in [2.45, 2.75) is 31.8 Å². The summed E-state index contributed by atoms with van der Waals surface area (Å²) < 4.78 is 5.26. The molecule has 7 heteroatoms. The first-order valence-electron chi connectivity index (χ1n) is 9.15. The second-order valence-electron chi connectivity index (χ2n) is 6.65. The van der Waals surface area contributed by atoms with Crippen LogP contribution in [0.25, 0.3) is 11.3 Å². The van der Waals surface area contributed by atoms with Gasteiger partial charge in [0.1, 0.15) is 0 Å². The number of oxazole rings is 1. The number of carbonyl (C=O) groups excluding carboxylic acids is 1. The standard InChI is InChI=1S/C19H26N4O3/c24-17(13-23-8-3-1-2-4-9-23)11-21-19(25)22-16-7-5-6-15(10-16)18-12-20-14-26-18/h5-7,10,12,14,17,24H,1-4,8-9,11,13H2,(H2,21,22,25)/t17-/m0/s1. The van der Waals surface area contributed by atoms with E-state index in [1.807, 2.05) is 18.2 Å². The molecule has 1 aliphatic rings. The van der Waals surface area contributed by atoms with E-state index in [1.165, 1.54) is 32.1 Å². The van der Waals surface area contributed by atoms with E-state index >= 15 is 0 Å². The number of likely N-dealkylation sites (tertiary alicyclic amines) is 1. The number of carbonyl (C=O) groups is 1. The summed E-state index contributed by atoms with van der Waals surface area (Å²) in [6.07, 6.45) is 7.32. The number of nitrogens with zero attached hydrogens (tertiary/aromatic N) is 2. The molecule has 1 aromatic carbocycles. The summed E-state index contributed by atoms with van der Waals surface area (Å²) in [6, 6.07) is 6.99. The molecule has 1 atom stereocenters. The lowest BCUT2D eigenvalue weighted by Gasteiger charge is -2.23. The number of nitrogens with one attached hydrogen (secondary N) is 2. The molecular formula is C19H26N4O3. The minimum Gasteiger partial charge on any atom is -0.444 e. The Hall–Kier alpha value is -2.38. The number of benzene rings is 1. The van der Waals surface area contributed by atoms with E-state index < -0.39 is 6.10 Å². The van der Waals surface area contributed by atoms with Crippen LogP contribution in [0.5, 0.6) is 0 Å². The highest BCUT2D eigenvalue weighted by atomic mass is 16.3. The topological polar surface area (TPSA) is 90.6 Å². The van der Waals surface area contributed by atoms with Crippen LogP contribution in [0, 0.1) is 0 Å². The fourth-order valence-electron chi connectivity index (χ4n) is 3.18. The summed E-state index contributed by atoms with van der Waals surface area (Å²) in [4.78, 5) is 18.2. The van der Waals surface area contributed by atoms with Crippen molar-refractivity contribution in [2.75, 3.05) is 31.5 Å². The van der Waals surface area contributed by atoms with Crippen molar-refractivity contribution in [1.82, 2.24) is 15.2 Å². The van der Waals surface area contributed by atoms with Gasteiger partial charge in [-0.25, -0.2) is 9.78 Å². The third kappa shape index (κ3) is 5.57. The number of hydrogen-bond acceptors (Lipinski definition) is 5. The molecule has 140 valence electrons. The van der Waals surface area contributed by atoms with E-state index in [4.69, 9.17) is 4.42 Å². The van der Waals surface area contributed by atoms with Gasteiger partial charge in [-0.2, -0.15) is 0 Å². The zero-order chi connectivity index (χ0) is 18.2. The molecule has 0 bridgehead atoms. The SMILES string of the molecule is O=C(NC[C@H](O)CN1CCCCCC1)Nc1cccc(-c2cnco2)c1. The number of rotatable bonds is 6. The Bertz CT molecular complexity index is 682. The molecule has 2 amide bonds. The van der Waals surface area contributed by atoms with Crippen LogP contribution in [0.4, 0.5) is 10.5 Å². The van der Waals surface area contributed by atoms with Gasteiger partial charge in [0.05, 0.1) is 12.3 Å². The average Bonchev–Trinajstić information content (AvgIpc) is 3.06. The molecule has 1 aliphatic heterocycles. The summed E-state index contributed by atoms with van der Waals surface area (Å²) in [6.45, 7) is 2.88. The largest absolute Gasteiger partial charge is 0.444 e. The number of aliphatic hydroxyl groups excluding tert-OH is 1. The van der Waals surface area contributed by atoms with E-state index in [1.54, 1.807) is 12.3 Å². The van der Waals surface area contributed by atoms with Crippen molar-refractivity contribution >= 4 is 11.7 Å². The fourth-order valence-corrected chi connectivity index (χ4v) is 3.18. The lowest BCUT2D eigenvalue weighted by Crippen LogP contribution is -2.41. The minimum absolute atomic E-state index is 0.226. The van der Waals surface area contributed by atoms with Crippen molar-refractivity contribution < 1.29 is 14.3 Å². The van der Waals surface area contributed by atoms with Gasteiger partial charge in [0.25, 0.3) is 0 Å². The van der Waals surface area contributed by atoms with Gasteiger partial charge in [0, 0.05) is 24.3 Å². The molecular weight excluding hydrogens is 332 g/mol. The molecule has 26 heavy (non-hydrogen) atoms. The monoisotopic (exact) mass is 358 g/mol. The molecule has 1 saturated heterocycles. The summed E-state index contributed by atoms with van der Waals surface area (Å²) in [5, 5.41) is 15.7. The summed E-state index contributed by atoms with van der Waals surface area (Å²) >= 11 is 0. The van der Waals surface area contributed by atoms with Crippen molar-refractivity contribution in [2.24, 2.45) is 0 Å². The van der Waals surface area contributed by atoms with Gasteiger partial charge in [-0.15, -0.1) is 0 Å². The van der Waals surface area contributed by atoms with E-state index in [-0.39, 0.29) is 12.6 Å². The number of urea groups is 1. The molecule has 0 radical (unpaired) electrons. The van der Waals surface area contributed by atoms with Gasteiger partial charge in [0.15, 0.2) is 12.2 Å². The molecule has 2 heterocycles. The van der Waals surface area contributed by atoms with Crippen LogP contribution >= 0.6 is 0 Å². The number of amides is 2. The average molecular weight is 358 g/mol. The molecule has 0 saturated carbocycles. The van der Waals surface area contributed by atoms with Crippen LogP contribution in [0.15, 0.2) is 41.3 Å². The molecule has 1 fully saturated rings. The van der Waals surface area contributed by atoms with E-state index in [0.717, 1.165) is 18.7 Å². The summed E-state index contributed by atoms with van der Waals surface area (Å²) in [7, 11) is 0. The van der Waals surface area contributed by atoms with Crippen LogP contribution in [0.1, 0.15) is 25.7 Å². The first-order chi connectivity index (χ1) is 12.7. The Balaban J connectivity index is 1.44. The highest BCUT2D eigenvalue weighted by Crippen LogP contribution is 2.21. The predicted octanol–water partition coefficient (Wildman–Crippen LogP) is 2.70. The molecule has 2 aromatic rings. The van der Waals surface area contributed by atoms with Gasteiger partial charge < -0.3 is 25.1 Å². The molecule has 3 N–H and O–H groups in total. The molecule has 7 nitrogen and oxygen atoms in total. The van der Waals surface area contributed by atoms with Crippen LogP contribution in [0.3, 0.4) is 0 Å². The third-order valence-corrected chi connectivity index (χ3v) is 4.50. The number of aromatic nitrogens is 1. The zero-order valence-electron chi connectivity index (χ0n) is 14.9. The van der Waals surface area contributed by atoms with E-state index in [9.17, 15) is 9.90 Å². The molecule has 0 unspecified atom stereocenters. The van der Waals surface area contributed by atoms with Gasteiger partial charge in [0.2, 0.25) is 0 Å². The summed E-state index contributed by atoms with van der Waals surface area (Å²) in [5.74, 6) is 0.641. The van der Waals surface area contributed by atoms with Gasteiger partial charge in [-0.05, 0) is 38.1 Å². The smallest absolute Gasteiger partial charge is 0.319 e. The predicted molar refractivity (Wildman–Crippen MR) is 99.9 cm³/mol. The van der Waals surface area contributed by atoms with Crippen molar-refractivity contribution in [3.8, 4) is 11.3 Å². The summed E-state index contributed by atoms with van der Waals surface area (Å²) in [5.41, 5.74) is 1.49. The molecule has 3 rings (SSSR count). The Kier molecular flexibility index (Phi) is 6.62. The highest BCUT2D eigenvalue weighted by molar-refractivity contribution is 5.89. The Morgan fingerprint density at radius 2 is 2.08 bits per heavy atom. The maximum atomic E-state index is 12.1. The lowest BCUT2D eigenvalue weighted by atomic mass is 10.1. The second-order valence-corrected chi connectivity index (χ2v) is 6.65. The van der Waals surface area contributed by atoms with Crippen molar-refractivity contribution in [3.63, 3.8) is 0 Å². The second kappa shape index (κ2) is 9.35. The van der Waals surface area contributed by atoms with E-state index in [2.05, 4.69) is 20.5 Å². The maximum Gasteiger partial charge on any atom is 0.319 e. The maximum absolute atomic E-state index is 12.1. The number of hydrogen-bond donors (Lipinski definition) is 3. The van der Waals surface area contributed by atoms with Crippen molar-refractivity contribution in [3.05, 3.63) is 36.9 Å². The third-order valence-electron chi connectivity index (χ3n) is 4.50. The van der Waals surface area contributed by atoms with Gasteiger partial charge >= 0.3 is 6.03 Å². The number of anilines is 1. The van der Waals surface area contributed by atoms with Gasteiger partial charge in [-0.1, -0.05) is 25.0 Å². The zero-order valence-corrected chi connectivity index (χ0v) is 14.9. The number of aliphatic hydroxyl groups is 1. The Morgan fingerprint density at radius 3 is 2.81 bits per heavy atom. The molecule has 1 aromatic heterocycles. The van der Waals surface area contributed by atoms with Crippen LogP contribution < -0.4 is 10.6 Å². The quantitative estimate of drug-likeness (QED) is 0.739. The molecule has 0 aliphatic carbocycles. The van der Waals surface area contributed by atoms with E-state index in [0.29, 0.717) is 18.0 Å². The molecule has 0 spiro atoms. The van der Waals surface area contributed by atoms with Crippen LogP contribution in [-0.4, -0.2) is 53.3 Å². The lowest BCUT2D eigenvalue weighted by molar-refractivity contribution is 0.115. The van der Waals surface area contributed by atoms with Crippen LogP contribution in [0.2, 0.25) is 0 Å². The number of β-amino-alcohol motifs (C(OH)–C–C–N with tert-alkyl or cyclic N) is 1. The first kappa shape index (κ1) is 18.4. The Labute approximate surface area is 153 Å². The van der Waals surface area contributed by atoms with Crippen LogP contribution in [-0.2, 0) is 0 Å².